The van der Waals surface area contributed by atoms with Crippen LogP contribution in [0.3, 0.4) is 0 Å². The predicted octanol–water partition coefficient (Wildman–Crippen LogP) is 4.30. The summed E-state index contributed by atoms with van der Waals surface area (Å²) in [4.78, 5) is 4.45. The molecule has 0 saturated heterocycles. The second-order valence-electron chi connectivity index (χ2n) is 7.57. The number of aliphatic imine (C=N–C) groups is 1. The van der Waals surface area contributed by atoms with Crippen LogP contribution < -0.4 is 31.0 Å². The molecule has 0 amide bonds. The van der Waals surface area contributed by atoms with Crippen molar-refractivity contribution < 1.29 is 18.6 Å². The molecule has 0 unspecified atom stereocenters. The Kier molecular flexibility index (Phi) is 6.44. The normalized spacial score (nSPS) is 14.0. The van der Waals surface area contributed by atoms with Gasteiger partial charge in [0.15, 0.2) is 23.1 Å². The number of fused-ring (bicyclic) bond motifs is 1. The second kappa shape index (κ2) is 9.60. The quantitative estimate of drug-likeness (QED) is 0.347. The highest BCUT2D eigenvalue weighted by Crippen LogP contribution is 2.40. The van der Waals surface area contributed by atoms with Crippen LogP contribution in [-0.4, -0.2) is 27.2 Å². The van der Waals surface area contributed by atoms with Crippen LogP contribution in [0.25, 0.3) is 11.0 Å². The van der Waals surface area contributed by atoms with Gasteiger partial charge in [-0.05, 0) is 36.6 Å². The van der Waals surface area contributed by atoms with E-state index >= 15 is 0 Å². The van der Waals surface area contributed by atoms with Gasteiger partial charge in [0.1, 0.15) is 5.58 Å². The number of nitrogens with two attached hydrogens (primary N) is 2. The zero-order valence-corrected chi connectivity index (χ0v) is 19.0. The van der Waals surface area contributed by atoms with Crippen LogP contribution >= 0.6 is 0 Å². The molecular formula is C25H28N4O4. The molecule has 0 radical (unpaired) electrons. The Balaban J connectivity index is 1.52. The molecule has 8 nitrogen and oxygen atoms in total. The van der Waals surface area contributed by atoms with Crippen molar-refractivity contribution in [1.82, 2.24) is 0 Å². The number of methoxy groups -OCH3 is 3. The van der Waals surface area contributed by atoms with Gasteiger partial charge in [-0.3, -0.25) is 0 Å². The summed E-state index contributed by atoms with van der Waals surface area (Å²) >= 11 is 0. The lowest BCUT2D eigenvalue weighted by Crippen LogP contribution is -2.14. The summed E-state index contributed by atoms with van der Waals surface area (Å²) in [5.74, 6) is 2.55. The highest BCUT2D eigenvalue weighted by atomic mass is 16.5. The van der Waals surface area contributed by atoms with Gasteiger partial charge in [-0.25, -0.2) is 4.99 Å². The van der Waals surface area contributed by atoms with Gasteiger partial charge in [-0.2, -0.15) is 0 Å². The molecule has 1 aliphatic rings. The molecule has 0 atom stereocenters. The third-order valence-electron chi connectivity index (χ3n) is 5.40. The van der Waals surface area contributed by atoms with Gasteiger partial charge >= 0.3 is 0 Å². The van der Waals surface area contributed by atoms with Crippen LogP contribution in [0.4, 0.5) is 5.69 Å². The maximum Gasteiger partial charge on any atom is 0.203 e. The smallest absolute Gasteiger partial charge is 0.203 e. The Bertz CT molecular complexity index is 1230. The van der Waals surface area contributed by atoms with E-state index in [9.17, 15) is 0 Å². The predicted molar refractivity (Wildman–Crippen MR) is 130 cm³/mol. The molecule has 3 aromatic rings. The minimum Gasteiger partial charge on any atom is -0.493 e. The van der Waals surface area contributed by atoms with E-state index in [2.05, 4.69) is 16.4 Å². The van der Waals surface area contributed by atoms with Gasteiger partial charge in [-0.1, -0.05) is 18.2 Å². The molecule has 4 rings (SSSR count). The van der Waals surface area contributed by atoms with E-state index in [0.29, 0.717) is 46.8 Å². The third-order valence-corrected chi connectivity index (χ3v) is 5.40. The summed E-state index contributed by atoms with van der Waals surface area (Å²) in [6, 6.07) is 11.6. The molecule has 0 aliphatic heterocycles. The largest absolute Gasteiger partial charge is 0.493 e. The topological polar surface area (TPSA) is 117 Å². The summed E-state index contributed by atoms with van der Waals surface area (Å²) in [7, 11) is 4.77. The molecule has 0 bridgehead atoms. The number of nitrogens with zero attached hydrogens (tertiary/aromatic N) is 1. The molecule has 1 aromatic heterocycles. The number of ether oxygens (including phenoxy) is 3. The average molecular weight is 449 g/mol. The number of furan rings is 1. The van der Waals surface area contributed by atoms with Crippen LogP contribution in [0.5, 0.6) is 17.2 Å². The molecule has 0 fully saturated rings. The Morgan fingerprint density at radius 1 is 1.00 bits per heavy atom. The minimum absolute atomic E-state index is 0.299. The van der Waals surface area contributed by atoms with Crippen LogP contribution in [0.15, 0.2) is 69.4 Å². The average Bonchev–Trinajstić information content (AvgIpc) is 3.27. The standard InChI is InChI=1S/C25H28N4O4/c1-30-21-12-17(13-22(31-2)24(21)32-3)28-14-15-8-9-20-16(10-15)11-23(33-20)25(27)29-19-7-5-4-6-18(19)26/h6-13,28H,4-5,14,26H2,1-3H3,(H2,27,29). The molecular weight excluding hydrogens is 420 g/mol. The van der Waals surface area contributed by atoms with Crippen LogP contribution in [0.1, 0.15) is 24.2 Å². The van der Waals surface area contributed by atoms with Crippen molar-refractivity contribution in [2.75, 3.05) is 26.6 Å². The number of hydrogen-bond acceptors (Lipinski definition) is 7. The van der Waals surface area contributed by atoms with E-state index in [1.165, 1.54) is 0 Å². The maximum atomic E-state index is 6.19. The van der Waals surface area contributed by atoms with Gasteiger partial charge < -0.3 is 35.4 Å². The van der Waals surface area contributed by atoms with Crippen molar-refractivity contribution in [3.8, 4) is 17.2 Å². The zero-order valence-electron chi connectivity index (χ0n) is 19.0. The van der Waals surface area contributed by atoms with Gasteiger partial charge in [0.05, 0.1) is 32.7 Å². The lowest BCUT2D eigenvalue weighted by atomic mass is 10.1. The number of amidine groups is 1. The second-order valence-corrected chi connectivity index (χ2v) is 7.57. The maximum absolute atomic E-state index is 6.19. The molecule has 0 saturated carbocycles. The van der Waals surface area contributed by atoms with E-state index in [4.69, 9.17) is 30.1 Å². The number of rotatable bonds is 8. The van der Waals surface area contributed by atoms with E-state index in [0.717, 1.165) is 35.1 Å². The van der Waals surface area contributed by atoms with E-state index in [-0.39, 0.29) is 0 Å². The number of hydrogen-bond donors (Lipinski definition) is 3. The molecule has 172 valence electrons. The lowest BCUT2D eigenvalue weighted by molar-refractivity contribution is 0.324. The molecule has 5 N–H and O–H groups in total. The Morgan fingerprint density at radius 3 is 2.39 bits per heavy atom. The molecule has 33 heavy (non-hydrogen) atoms. The van der Waals surface area contributed by atoms with Crippen molar-refractivity contribution in [2.24, 2.45) is 16.5 Å². The van der Waals surface area contributed by atoms with Gasteiger partial charge in [0.25, 0.3) is 0 Å². The van der Waals surface area contributed by atoms with Crippen molar-refractivity contribution in [2.45, 2.75) is 19.4 Å². The number of anilines is 1. The fourth-order valence-corrected chi connectivity index (χ4v) is 3.69. The van der Waals surface area contributed by atoms with E-state index in [1.807, 2.05) is 42.5 Å². The van der Waals surface area contributed by atoms with Crippen LogP contribution in [-0.2, 0) is 6.54 Å². The first kappa shape index (κ1) is 22.1. The van der Waals surface area contributed by atoms with Crippen LogP contribution in [0, 0.1) is 0 Å². The third kappa shape index (κ3) is 4.74. The number of nitrogens with one attached hydrogen (secondary N) is 1. The van der Waals surface area contributed by atoms with Gasteiger partial charge in [-0.15, -0.1) is 0 Å². The first-order valence-corrected chi connectivity index (χ1v) is 10.6. The Morgan fingerprint density at radius 2 is 1.73 bits per heavy atom. The Hall–Kier alpha value is -4.07. The molecule has 0 spiro atoms. The SMILES string of the molecule is COc1cc(NCc2ccc3oc(C(N)=NC4=CCCC=C4N)cc3c2)cc(OC)c1OC. The first-order valence-electron chi connectivity index (χ1n) is 10.6. The van der Waals surface area contributed by atoms with Crippen molar-refractivity contribution >= 4 is 22.5 Å². The highest BCUT2D eigenvalue weighted by Gasteiger charge is 2.14. The van der Waals surface area contributed by atoms with E-state index in [1.54, 1.807) is 21.3 Å². The zero-order chi connectivity index (χ0) is 23.4. The first-order chi connectivity index (χ1) is 16.0. The Labute approximate surface area is 192 Å². The number of allylic oxidation sites excluding steroid dienone is 2. The van der Waals surface area contributed by atoms with E-state index < -0.39 is 0 Å². The minimum atomic E-state index is 0.299. The highest BCUT2D eigenvalue weighted by molar-refractivity contribution is 5.99. The fourth-order valence-electron chi connectivity index (χ4n) is 3.69. The van der Waals surface area contributed by atoms with Crippen LogP contribution in [0.2, 0.25) is 0 Å². The molecule has 2 aromatic carbocycles. The molecule has 8 heteroatoms. The van der Waals surface area contributed by atoms with Crippen molar-refractivity contribution in [1.29, 1.82) is 0 Å². The molecule has 1 heterocycles. The van der Waals surface area contributed by atoms with Crippen molar-refractivity contribution in [3.05, 3.63) is 71.3 Å². The summed E-state index contributed by atoms with van der Waals surface area (Å²) in [5, 5.41) is 4.33. The lowest BCUT2D eigenvalue weighted by Gasteiger charge is -2.15. The summed E-state index contributed by atoms with van der Waals surface area (Å²) in [6.45, 7) is 0.590. The fraction of sp³-hybridized carbons (Fsp3) is 0.240. The summed E-state index contributed by atoms with van der Waals surface area (Å²) in [6.07, 6.45) is 5.76. The molecule has 1 aliphatic carbocycles. The summed E-state index contributed by atoms with van der Waals surface area (Å²) < 4.78 is 22.1. The monoisotopic (exact) mass is 448 g/mol. The number of benzene rings is 2. The van der Waals surface area contributed by atoms with Crippen molar-refractivity contribution in [3.63, 3.8) is 0 Å². The van der Waals surface area contributed by atoms with Gasteiger partial charge in [0, 0.05) is 29.8 Å². The summed E-state index contributed by atoms with van der Waals surface area (Å²) in [5.41, 5.74) is 16.2. The van der Waals surface area contributed by atoms with Gasteiger partial charge in [0.2, 0.25) is 5.75 Å².